The van der Waals surface area contributed by atoms with Gasteiger partial charge in [0.2, 0.25) is 5.91 Å². The molecule has 1 atom stereocenters. The van der Waals surface area contributed by atoms with Gasteiger partial charge in [-0.05, 0) is 32.4 Å². The van der Waals surface area contributed by atoms with E-state index in [9.17, 15) is 9.59 Å². The molecule has 1 aliphatic heterocycles. The van der Waals surface area contributed by atoms with Crippen LogP contribution < -0.4 is 0 Å². The molecule has 1 amide bonds. The highest BCUT2D eigenvalue weighted by Gasteiger charge is 2.30. The first-order valence-corrected chi connectivity index (χ1v) is 7.87. The maximum Gasteiger partial charge on any atom is 0.303 e. The summed E-state index contributed by atoms with van der Waals surface area (Å²) in [6.07, 6.45) is 2.38. The fraction of sp³-hybridized carbons (Fsp3) is 0.625. The van der Waals surface area contributed by atoms with Gasteiger partial charge in [0, 0.05) is 31.9 Å². The Bertz CT molecular complexity index is 589. The summed E-state index contributed by atoms with van der Waals surface area (Å²) in [5.74, 6) is -0.0630. The van der Waals surface area contributed by atoms with Crippen molar-refractivity contribution < 1.29 is 14.7 Å². The zero-order valence-corrected chi connectivity index (χ0v) is 13.9. The van der Waals surface area contributed by atoms with Crippen molar-refractivity contribution in [2.45, 2.75) is 38.6 Å². The van der Waals surface area contributed by atoms with Gasteiger partial charge in [-0.1, -0.05) is 0 Å². The number of likely N-dealkylation sites (tertiary alicyclic amines) is 1. The van der Waals surface area contributed by atoms with Crippen LogP contribution in [0.25, 0.3) is 0 Å². The molecule has 2 rings (SSSR count). The first-order chi connectivity index (χ1) is 10.9. The fourth-order valence-electron chi connectivity index (χ4n) is 2.79. The van der Waals surface area contributed by atoms with Gasteiger partial charge in [-0.3, -0.25) is 14.5 Å². The maximum atomic E-state index is 12.0. The molecule has 7 heteroatoms. The van der Waals surface area contributed by atoms with Gasteiger partial charge in [0.05, 0.1) is 19.0 Å². The normalized spacial score (nSPS) is 18.1. The standard InChI is InChI=1S/C16H24N4O3/c1-11-9-12(6-7-15(22)23)18-16(17-11)13-5-4-8-20(13)10-14(21)19(2)3/h9,13H,4-8,10H2,1-3H3,(H,22,23). The van der Waals surface area contributed by atoms with Crippen LogP contribution in [0.1, 0.15) is 42.5 Å². The minimum absolute atomic E-state index is 0.0300. The lowest BCUT2D eigenvalue weighted by molar-refractivity contribution is -0.137. The predicted molar refractivity (Wildman–Crippen MR) is 85.0 cm³/mol. The summed E-state index contributed by atoms with van der Waals surface area (Å²) in [5.41, 5.74) is 1.59. The molecule has 1 fully saturated rings. The molecule has 0 bridgehead atoms. The predicted octanol–water partition coefficient (Wildman–Crippen LogP) is 1.03. The van der Waals surface area contributed by atoms with E-state index in [1.165, 1.54) is 0 Å². The number of carboxylic acid groups (broad SMARTS) is 1. The van der Waals surface area contributed by atoms with E-state index in [1.54, 1.807) is 19.0 Å². The molecule has 2 heterocycles. The Morgan fingerprint density at radius 2 is 2.13 bits per heavy atom. The molecule has 0 spiro atoms. The zero-order valence-electron chi connectivity index (χ0n) is 13.9. The van der Waals surface area contributed by atoms with Gasteiger partial charge in [0.1, 0.15) is 5.82 Å². The van der Waals surface area contributed by atoms with Crippen molar-refractivity contribution in [1.29, 1.82) is 0 Å². The van der Waals surface area contributed by atoms with Gasteiger partial charge >= 0.3 is 5.97 Å². The van der Waals surface area contributed by atoms with Gasteiger partial charge in [-0.25, -0.2) is 9.97 Å². The van der Waals surface area contributed by atoms with E-state index in [4.69, 9.17) is 5.11 Å². The number of aliphatic carboxylic acids is 1. The molecule has 1 saturated heterocycles. The monoisotopic (exact) mass is 320 g/mol. The van der Waals surface area contributed by atoms with Gasteiger partial charge in [0.25, 0.3) is 0 Å². The summed E-state index contributed by atoms with van der Waals surface area (Å²) >= 11 is 0. The molecule has 1 N–H and O–H groups in total. The van der Waals surface area contributed by atoms with Crippen LogP contribution in [0.15, 0.2) is 6.07 Å². The van der Waals surface area contributed by atoms with Gasteiger partial charge in [0.15, 0.2) is 0 Å². The van der Waals surface area contributed by atoms with Crippen LogP contribution in [0.4, 0.5) is 0 Å². The summed E-state index contributed by atoms with van der Waals surface area (Å²) < 4.78 is 0. The first-order valence-electron chi connectivity index (χ1n) is 7.87. The van der Waals surface area contributed by atoms with Crippen LogP contribution in [0, 0.1) is 6.92 Å². The molecule has 7 nitrogen and oxygen atoms in total. The van der Waals surface area contributed by atoms with E-state index in [-0.39, 0.29) is 18.4 Å². The van der Waals surface area contributed by atoms with Crippen LogP contribution >= 0.6 is 0 Å². The van der Waals surface area contributed by atoms with Crippen molar-refractivity contribution in [3.8, 4) is 0 Å². The van der Waals surface area contributed by atoms with Crippen molar-refractivity contribution in [3.63, 3.8) is 0 Å². The Morgan fingerprint density at radius 1 is 1.39 bits per heavy atom. The van der Waals surface area contributed by atoms with E-state index in [2.05, 4.69) is 14.9 Å². The Balaban J connectivity index is 2.15. The van der Waals surface area contributed by atoms with Crippen LogP contribution in [0.5, 0.6) is 0 Å². The molecule has 0 aliphatic carbocycles. The number of hydrogen-bond acceptors (Lipinski definition) is 5. The van der Waals surface area contributed by atoms with Crippen molar-refractivity contribution in [3.05, 3.63) is 23.3 Å². The molecule has 0 saturated carbocycles. The molecule has 1 aliphatic rings. The molecule has 1 aromatic rings. The highest BCUT2D eigenvalue weighted by molar-refractivity contribution is 5.77. The van der Waals surface area contributed by atoms with E-state index in [1.807, 2.05) is 13.0 Å². The summed E-state index contributed by atoms with van der Waals surface area (Å²) in [6, 6.07) is 1.86. The number of hydrogen-bond donors (Lipinski definition) is 1. The van der Waals surface area contributed by atoms with Crippen molar-refractivity contribution >= 4 is 11.9 Å². The number of nitrogens with zero attached hydrogens (tertiary/aromatic N) is 4. The highest BCUT2D eigenvalue weighted by atomic mass is 16.4. The topological polar surface area (TPSA) is 86.6 Å². The SMILES string of the molecule is Cc1cc(CCC(=O)O)nc(C2CCCN2CC(=O)N(C)C)n1. The minimum atomic E-state index is -0.832. The number of amides is 1. The quantitative estimate of drug-likeness (QED) is 0.842. The number of aromatic nitrogens is 2. The van der Waals surface area contributed by atoms with Crippen molar-refractivity contribution in [1.82, 2.24) is 19.8 Å². The number of rotatable bonds is 6. The Morgan fingerprint density at radius 3 is 2.78 bits per heavy atom. The molecular formula is C16H24N4O3. The molecule has 23 heavy (non-hydrogen) atoms. The summed E-state index contributed by atoms with van der Waals surface area (Å²) in [5, 5.41) is 8.82. The lowest BCUT2D eigenvalue weighted by Gasteiger charge is -2.24. The fourth-order valence-corrected chi connectivity index (χ4v) is 2.79. The van der Waals surface area contributed by atoms with Gasteiger partial charge in [-0.15, -0.1) is 0 Å². The minimum Gasteiger partial charge on any atom is -0.481 e. The molecule has 0 aromatic carbocycles. The Labute approximate surface area is 136 Å². The van der Waals surface area contributed by atoms with Crippen molar-refractivity contribution in [2.24, 2.45) is 0 Å². The first kappa shape index (κ1) is 17.3. The third kappa shape index (κ3) is 4.72. The smallest absolute Gasteiger partial charge is 0.303 e. The largest absolute Gasteiger partial charge is 0.481 e. The second kappa shape index (κ2) is 7.50. The van der Waals surface area contributed by atoms with Crippen molar-refractivity contribution in [2.75, 3.05) is 27.2 Å². The lowest BCUT2D eigenvalue weighted by atomic mass is 10.1. The molecule has 1 aromatic heterocycles. The Kier molecular flexibility index (Phi) is 5.65. The highest BCUT2D eigenvalue weighted by Crippen LogP contribution is 2.29. The average Bonchev–Trinajstić information content (AvgIpc) is 2.92. The van der Waals surface area contributed by atoms with E-state index < -0.39 is 5.97 Å². The third-order valence-corrected chi connectivity index (χ3v) is 4.02. The van der Waals surface area contributed by atoms with E-state index in [0.717, 1.165) is 30.8 Å². The Hall–Kier alpha value is -2.02. The van der Waals surface area contributed by atoms with Crippen LogP contribution in [0.3, 0.4) is 0 Å². The van der Waals surface area contributed by atoms with Gasteiger partial charge < -0.3 is 10.0 Å². The molecule has 0 radical (unpaired) electrons. The molecular weight excluding hydrogens is 296 g/mol. The van der Waals surface area contributed by atoms with Crippen LogP contribution in [0.2, 0.25) is 0 Å². The number of carboxylic acids is 1. The number of aryl methyl sites for hydroxylation is 2. The summed E-state index contributed by atoms with van der Waals surface area (Å²) in [6.45, 7) is 3.10. The number of carbonyl (C=O) groups is 2. The molecule has 126 valence electrons. The second-order valence-corrected chi connectivity index (χ2v) is 6.17. The third-order valence-electron chi connectivity index (χ3n) is 4.02. The van der Waals surface area contributed by atoms with Crippen LogP contribution in [-0.2, 0) is 16.0 Å². The van der Waals surface area contributed by atoms with Crippen LogP contribution in [-0.4, -0.2) is 63.9 Å². The second-order valence-electron chi connectivity index (χ2n) is 6.17. The molecule has 1 unspecified atom stereocenters. The lowest BCUT2D eigenvalue weighted by Crippen LogP contribution is -2.36. The average molecular weight is 320 g/mol. The van der Waals surface area contributed by atoms with Gasteiger partial charge in [-0.2, -0.15) is 0 Å². The number of likely N-dealkylation sites (N-methyl/N-ethyl adjacent to an activating group) is 1. The maximum absolute atomic E-state index is 12.0. The number of carbonyl (C=O) groups excluding carboxylic acids is 1. The summed E-state index contributed by atoms with van der Waals surface area (Å²) in [7, 11) is 3.50. The zero-order chi connectivity index (χ0) is 17.0. The summed E-state index contributed by atoms with van der Waals surface area (Å²) in [4.78, 5) is 35.5. The van der Waals surface area contributed by atoms with E-state index in [0.29, 0.717) is 18.8 Å². The van der Waals surface area contributed by atoms with E-state index >= 15 is 0 Å².